The number of para-hydroxylation sites is 1. The Morgan fingerprint density at radius 1 is 0.920 bits per heavy atom. The summed E-state index contributed by atoms with van der Waals surface area (Å²) in [5, 5.41) is 0. The van der Waals surface area contributed by atoms with Gasteiger partial charge in [0.2, 0.25) is 6.10 Å². The van der Waals surface area contributed by atoms with Gasteiger partial charge in [-0.05, 0) is 32.6 Å². The molecule has 0 aliphatic rings. The summed E-state index contributed by atoms with van der Waals surface area (Å²) in [7, 11) is 4.04. The Hall–Kier alpha value is -2.33. The van der Waals surface area contributed by atoms with E-state index in [0.29, 0.717) is 12.3 Å². The van der Waals surface area contributed by atoms with E-state index in [4.69, 9.17) is 4.74 Å². The highest BCUT2D eigenvalue weighted by Gasteiger charge is 2.27. The maximum Gasteiger partial charge on any atom is 0.268 e. The molecule has 2 aromatic rings. The van der Waals surface area contributed by atoms with Gasteiger partial charge < -0.3 is 14.5 Å². The van der Waals surface area contributed by atoms with Crippen molar-refractivity contribution in [3.05, 3.63) is 66.2 Å². The van der Waals surface area contributed by atoms with Gasteiger partial charge in [0.25, 0.3) is 5.91 Å². The second-order valence-electron chi connectivity index (χ2n) is 6.35. The number of benzene rings is 2. The average molecular weight is 340 g/mol. The highest BCUT2D eigenvalue weighted by molar-refractivity contribution is 5.82. The van der Waals surface area contributed by atoms with Gasteiger partial charge in [-0.2, -0.15) is 0 Å². The van der Waals surface area contributed by atoms with E-state index in [9.17, 15) is 4.79 Å². The number of nitrogens with zero attached hydrogens (tertiary/aromatic N) is 2. The largest absolute Gasteiger partial charge is 0.476 e. The predicted octanol–water partition coefficient (Wildman–Crippen LogP) is 3.61. The van der Waals surface area contributed by atoms with E-state index in [1.807, 2.05) is 79.7 Å². The molecule has 0 unspecified atom stereocenters. The van der Waals surface area contributed by atoms with Crippen molar-refractivity contribution in [2.75, 3.05) is 33.7 Å². The number of rotatable bonds is 9. The van der Waals surface area contributed by atoms with Crippen molar-refractivity contribution in [3.63, 3.8) is 0 Å². The fourth-order valence-corrected chi connectivity index (χ4v) is 2.61. The summed E-state index contributed by atoms with van der Waals surface area (Å²) in [6.07, 6.45) is 0.295. The van der Waals surface area contributed by atoms with Gasteiger partial charge >= 0.3 is 0 Å². The van der Waals surface area contributed by atoms with E-state index in [-0.39, 0.29) is 5.91 Å². The van der Waals surface area contributed by atoms with Gasteiger partial charge in [-0.15, -0.1) is 0 Å². The normalized spacial score (nSPS) is 12.0. The number of amides is 1. The van der Waals surface area contributed by atoms with Crippen molar-refractivity contribution in [1.82, 2.24) is 9.80 Å². The van der Waals surface area contributed by atoms with Crippen LogP contribution < -0.4 is 4.74 Å². The van der Waals surface area contributed by atoms with Crippen molar-refractivity contribution in [2.45, 2.75) is 19.4 Å². The third-order valence-electron chi connectivity index (χ3n) is 3.95. The van der Waals surface area contributed by atoms with Crippen LogP contribution >= 0.6 is 0 Å². The van der Waals surface area contributed by atoms with Crippen molar-refractivity contribution in [1.29, 1.82) is 0 Å². The molecule has 0 spiro atoms. The fraction of sp³-hybridized carbons (Fsp3) is 0.381. The van der Waals surface area contributed by atoms with Crippen LogP contribution in [0.3, 0.4) is 0 Å². The van der Waals surface area contributed by atoms with Crippen LogP contribution in [0.1, 0.15) is 25.0 Å². The van der Waals surface area contributed by atoms with Crippen LogP contribution in [0.4, 0.5) is 0 Å². The first-order chi connectivity index (χ1) is 12.1. The second kappa shape index (κ2) is 9.84. The Labute approximate surface area is 151 Å². The molecule has 0 saturated heterocycles. The van der Waals surface area contributed by atoms with Crippen LogP contribution in [0.25, 0.3) is 0 Å². The maximum absolute atomic E-state index is 13.2. The fourth-order valence-electron chi connectivity index (χ4n) is 2.61. The Morgan fingerprint density at radius 2 is 1.52 bits per heavy atom. The zero-order chi connectivity index (χ0) is 18.1. The molecule has 0 aliphatic carbocycles. The SMILES string of the molecule is CCCN(CCN(C)C)C(=O)[C@H](Oc1ccccc1)c1ccccc1. The number of hydrogen-bond donors (Lipinski definition) is 0. The predicted molar refractivity (Wildman–Crippen MR) is 102 cm³/mol. The molecule has 0 fully saturated rings. The first kappa shape index (κ1) is 19.0. The van der Waals surface area contributed by atoms with Crippen molar-refractivity contribution in [3.8, 4) is 5.75 Å². The maximum atomic E-state index is 13.2. The standard InChI is InChI=1S/C21H28N2O2/c1-4-15-23(17-16-22(2)3)21(24)20(18-11-7-5-8-12-18)25-19-13-9-6-10-14-19/h5-14,20H,4,15-17H2,1-3H3/t20-/m1/s1. The molecule has 1 atom stereocenters. The van der Waals surface area contributed by atoms with Crippen LogP contribution in [0.15, 0.2) is 60.7 Å². The zero-order valence-corrected chi connectivity index (χ0v) is 15.4. The third kappa shape index (κ3) is 5.91. The Morgan fingerprint density at radius 3 is 2.08 bits per heavy atom. The third-order valence-corrected chi connectivity index (χ3v) is 3.95. The molecule has 0 aromatic heterocycles. The molecule has 2 rings (SSSR count). The quantitative estimate of drug-likeness (QED) is 0.699. The van der Waals surface area contributed by atoms with Gasteiger partial charge in [0.15, 0.2) is 0 Å². The lowest BCUT2D eigenvalue weighted by Crippen LogP contribution is -2.41. The van der Waals surface area contributed by atoms with Crippen molar-refractivity contribution < 1.29 is 9.53 Å². The molecule has 25 heavy (non-hydrogen) atoms. The van der Waals surface area contributed by atoms with Gasteiger partial charge in [-0.25, -0.2) is 0 Å². The van der Waals surface area contributed by atoms with E-state index >= 15 is 0 Å². The number of ether oxygens (including phenoxy) is 1. The van der Waals surface area contributed by atoms with Crippen LogP contribution in [0.2, 0.25) is 0 Å². The lowest BCUT2D eigenvalue weighted by atomic mass is 10.1. The number of likely N-dealkylation sites (N-methyl/N-ethyl adjacent to an activating group) is 1. The summed E-state index contributed by atoms with van der Waals surface area (Å²) in [5.74, 6) is 0.715. The summed E-state index contributed by atoms with van der Waals surface area (Å²) >= 11 is 0. The van der Waals surface area contributed by atoms with E-state index in [2.05, 4.69) is 11.8 Å². The molecular weight excluding hydrogens is 312 g/mol. The Bertz CT molecular complexity index is 629. The van der Waals surface area contributed by atoms with Crippen LogP contribution in [0, 0.1) is 0 Å². The zero-order valence-electron chi connectivity index (χ0n) is 15.4. The van der Waals surface area contributed by atoms with E-state index < -0.39 is 6.10 Å². The van der Waals surface area contributed by atoms with E-state index in [1.54, 1.807) is 0 Å². The molecular formula is C21H28N2O2. The summed E-state index contributed by atoms with van der Waals surface area (Å²) in [6.45, 7) is 4.35. The monoisotopic (exact) mass is 340 g/mol. The topological polar surface area (TPSA) is 32.8 Å². The van der Waals surface area contributed by atoms with Crippen LogP contribution in [-0.2, 0) is 4.79 Å². The summed E-state index contributed by atoms with van der Waals surface area (Å²) in [5.41, 5.74) is 0.877. The number of carbonyl (C=O) groups excluding carboxylic acids is 1. The van der Waals surface area contributed by atoms with Crippen molar-refractivity contribution in [2.24, 2.45) is 0 Å². The molecule has 1 amide bonds. The first-order valence-electron chi connectivity index (χ1n) is 8.82. The van der Waals surface area contributed by atoms with Gasteiger partial charge in [-0.1, -0.05) is 55.5 Å². The van der Waals surface area contributed by atoms with Crippen LogP contribution in [0.5, 0.6) is 5.75 Å². The van der Waals surface area contributed by atoms with Gasteiger partial charge in [0.05, 0.1) is 0 Å². The first-order valence-corrected chi connectivity index (χ1v) is 8.82. The Balaban J connectivity index is 2.24. The molecule has 0 N–H and O–H groups in total. The summed E-state index contributed by atoms with van der Waals surface area (Å²) < 4.78 is 6.09. The lowest BCUT2D eigenvalue weighted by Gasteiger charge is -2.28. The minimum Gasteiger partial charge on any atom is -0.476 e. The highest BCUT2D eigenvalue weighted by Crippen LogP contribution is 2.24. The van der Waals surface area contributed by atoms with Gasteiger partial charge in [-0.3, -0.25) is 4.79 Å². The number of carbonyl (C=O) groups is 1. The smallest absolute Gasteiger partial charge is 0.268 e. The molecule has 4 nitrogen and oxygen atoms in total. The molecule has 0 bridgehead atoms. The molecule has 0 radical (unpaired) electrons. The molecule has 0 heterocycles. The molecule has 0 aliphatic heterocycles. The summed E-state index contributed by atoms with van der Waals surface area (Å²) in [4.78, 5) is 17.2. The Kier molecular flexibility index (Phi) is 7.48. The van der Waals surface area contributed by atoms with Crippen LogP contribution in [-0.4, -0.2) is 49.4 Å². The minimum atomic E-state index is -0.627. The number of hydrogen-bond acceptors (Lipinski definition) is 3. The van der Waals surface area contributed by atoms with E-state index in [0.717, 1.165) is 25.1 Å². The van der Waals surface area contributed by atoms with Gasteiger partial charge in [0, 0.05) is 25.2 Å². The van der Waals surface area contributed by atoms with Gasteiger partial charge in [0.1, 0.15) is 5.75 Å². The molecule has 4 heteroatoms. The highest BCUT2D eigenvalue weighted by atomic mass is 16.5. The minimum absolute atomic E-state index is 0.0127. The lowest BCUT2D eigenvalue weighted by molar-refractivity contribution is -0.139. The molecule has 2 aromatic carbocycles. The molecule has 0 saturated carbocycles. The molecule has 134 valence electrons. The van der Waals surface area contributed by atoms with E-state index in [1.165, 1.54) is 0 Å². The average Bonchev–Trinajstić information content (AvgIpc) is 2.64. The van der Waals surface area contributed by atoms with Crippen molar-refractivity contribution >= 4 is 5.91 Å². The summed E-state index contributed by atoms with van der Waals surface area (Å²) in [6, 6.07) is 19.2. The second-order valence-corrected chi connectivity index (χ2v) is 6.35.